The van der Waals surface area contributed by atoms with Gasteiger partial charge in [0.15, 0.2) is 0 Å². The van der Waals surface area contributed by atoms with Gasteiger partial charge in [-0.25, -0.2) is 5.01 Å². The molecule has 134 valence electrons. The third-order valence-corrected chi connectivity index (χ3v) is 5.42. The average molecular weight is 351 g/mol. The molecule has 1 aromatic rings. The molecule has 2 rings (SSSR count). The van der Waals surface area contributed by atoms with E-state index in [-0.39, 0.29) is 6.04 Å². The van der Waals surface area contributed by atoms with Crippen molar-refractivity contribution in [3.8, 4) is 5.75 Å². The minimum atomic E-state index is 0.256. The fraction of sp³-hybridized carbons (Fsp3) is 0.556. The first-order valence-electron chi connectivity index (χ1n) is 8.52. The monoisotopic (exact) mass is 350 g/mol. The largest absolute Gasteiger partial charge is 0.497 e. The first-order chi connectivity index (χ1) is 11.6. The van der Waals surface area contributed by atoms with Gasteiger partial charge in [0.05, 0.1) is 13.0 Å². The molecule has 0 spiro atoms. The zero-order valence-corrected chi connectivity index (χ0v) is 15.6. The van der Waals surface area contributed by atoms with E-state index in [0.717, 1.165) is 43.3 Å². The molecule has 0 aromatic heterocycles. The van der Waals surface area contributed by atoms with Crippen molar-refractivity contribution in [2.45, 2.75) is 38.4 Å². The molecule has 1 heterocycles. The van der Waals surface area contributed by atoms with Crippen LogP contribution in [0.4, 0.5) is 0 Å². The lowest BCUT2D eigenvalue weighted by atomic mass is 10.1. The molecule has 0 aliphatic carbocycles. The van der Waals surface area contributed by atoms with Gasteiger partial charge >= 0.3 is 0 Å². The Hall–Kier alpha value is -1.21. The second-order valence-electron chi connectivity index (χ2n) is 6.09. The van der Waals surface area contributed by atoms with Gasteiger partial charge in [0.25, 0.3) is 0 Å². The van der Waals surface area contributed by atoms with Crippen molar-refractivity contribution in [3.05, 3.63) is 42.1 Å². The molecule has 1 aliphatic rings. The lowest BCUT2D eigenvalue weighted by Gasteiger charge is -2.33. The summed E-state index contributed by atoms with van der Waals surface area (Å²) in [7, 11) is 1.68. The minimum absolute atomic E-state index is 0.256. The van der Waals surface area contributed by atoms with Crippen molar-refractivity contribution in [1.82, 2.24) is 15.6 Å². The predicted octanol–water partition coefficient (Wildman–Crippen LogP) is 2.31. The number of rotatable bonds is 9. The number of hydrogen-bond acceptors (Lipinski definition) is 6. The number of hydrogen-bond donors (Lipinski definition) is 3. The van der Waals surface area contributed by atoms with Crippen LogP contribution >= 0.6 is 11.8 Å². The Labute approximate surface area is 150 Å². The summed E-state index contributed by atoms with van der Waals surface area (Å²) in [4.78, 5) is 0. The van der Waals surface area contributed by atoms with Gasteiger partial charge in [0.2, 0.25) is 0 Å². The maximum absolute atomic E-state index is 6.07. The van der Waals surface area contributed by atoms with Gasteiger partial charge in [-0.3, -0.25) is 5.84 Å². The molecule has 5 nitrogen and oxygen atoms in total. The number of hydrazine groups is 1. The zero-order chi connectivity index (χ0) is 17.4. The van der Waals surface area contributed by atoms with E-state index in [1.165, 1.54) is 11.3 Å². The van der Waals surface area contributed by atoms with Crippen LogP contribution in [-0.4, -0.2) is 42.4 Å². The summed E-state index contributed by atoms with van der Waals surface area (Å²) in [6.45, 7) is 8.06. The standard InChI is InChI=1S/C18H30N4OS/c1-4-18(21-12-16-9-10-24-13-22(16)19)14(2)20-11-15-5-7-17(23-3)8-6-15/h5-8,16,18,20-21H,2,4,9-13,19H2,1,3H3. The van der Waals surface area contributed by atoms with E-state index >= 15 is 0 Å². The van der Waals surface area contributed by atoms with Crippen LogP contribution < -0.4 is 21.2 Å². The van der Waals surface area contributed by atoms with Crippen LogP contribution in [0.3, 0.4) is 0 Å². The van der Waals surface area contributed by atoms with Crippen molar-refractivity contribution < 1.29 is 4.74 Å². The number of nitrogens with one attached hydrogen (secondary N) is 2. The van der Waals surface area contributed by atoms with E-state index in [9.17, 15) is 0 Å². The summed E-state index contributed by atoms with van der Waals surface area (Å²) < 4.78 is 5.18. The van der Waals surface area contributed by atoms with Crippen molar-refractivity contribution in [1.29, 1.82) is 0 Å². The molecule has 1 aromatic carbocycles. The van der Waals surface area contributed by atoms with Gasteiger partial charge in [-0.1, -0.05) is 25.6 Å². The first-order valence-corrected chi connectivity index (χ1v) is 9.67. The second-order valence-corrected chi connectivity index (χ2v) is 7.16. The number of ether oxygens (including phenoxy) is 1. The van der Waals surface area contributed by atoms with Gasteiger partial charge < -0.3 is 15.4 Å². The minimum Gasteiger partial charge on any atom is -0.497 e. The van der Waals surface area contributed by atoms with Crippen molar-refractivity contribution in [3.63, 3.8) is 0 Å². The van der Waals surface area contributed by atoms with E-state index in [0.29, 0.717) is 6.04 Å². The molecule has 0 saturated carbocycles. The summed E-state index contributed by atoms with van der Waals surface area (Å²) >= 11 is 1.90. The molecular weight excluding hydrogens is 320 g/mol. The average Bonchev–Trinajstić information content (AvgIpc) is 2.62. The third-order valence-electron chi connectivity index (χ3n) is 4.41. The quantitative estimate of drug-likeness (QED) is 0.594. The Bertz CT molecular complexity index is 508. The third kappa shape index (κ3) is 5.70. The Morgan fingerprint density at radius 1 is 1.46 bits per heavy atom. The Morgan fingerprint density at radius 2 is 2.21 bits per heavy atom. The van der Waals surface area contributed by atoms with Crippen LogP contribution in [0.2, 0.25) is 0 Å². The van der Waals surface area contributed by atoms with Crippen LogP contribution in [0.1, 0.15) is 25.3 Å². The van der Waals surface area contributed by atoms with E-state index in [1.54, 1.807) is 7.11 Å². The molecule has 1 aliphatic heterocycles. The molecule has 2 unspecified atom stereocenters. The summed E-state index contributed by atoms with van der Waals surface area (Å²) in [6.07, 6.45) is 2.14. The van der Waals surface area contributed by atoms with Crippen LogP contribution in [0.15, 0.2) is 36.5 Å². The molecule has 0 bridgehead atoms. The molecule has 2 atom stereocenters. The highest BCUT2D eigenvalue weighted by atomic mass is 32.2. The number of methoxy groups -OCH3 is 1. The molecule has 6 heteroatoms. The Kier molecular flexibility index (Phi) is 7.91. The molecule has 4 N–H and O–H groups in total. The van der Waals surface area contributed by atoms with Gasteiger partial charge in [0, 0.05) is 30.9 Å². The lowest BCUT2D eigenvalue weighted by molar-refractivity contribution is 0.214. The van der Waals surface area contributed by atoms with E-state index < -0.39 is 0 Å². The van der Waals surface area contributed by atoms with E-state index in [2.05, 4.69) is 36.3 Å². The van der Waals surface area contributed by atoms with Crippen LogP contribution in [0.25, 0.3) is 0 Å². The fourth-order valence-electron chi connectivity index (χ4n) is 2.75. The fourth-order valence-corrected chi connectivity index (χ4v) is 3.74. The van der Waals surface area contributed by atoms with Gasteiger partial charge in [-0.2, -0.15) is 0 Å². The SMILES string of the molecule is C=C(NCc1ccc(OC)cc1)C(CC)NCC1CCSCN1N. The highest BCUT2D eigenvalue weighted by molar-refractivity contribution is 7.99. The number of thioether (sulfide) groups is 1. The van der Waals surface area contributed by atoms with Crippen molar-refractivity contribution in [2.24, 2.45) is 5.84 Å². The molecule has 24 heavy (non-hydrogen) atoms. The van der Waals surface area contributed by atoms with Crippen LogP contribution in [-0.2, 0) is 6.54 Å². The van der Waals surface area contributed by atoms with Crippen LogP contribution in [0, 0.1) is 0 Å². The maximum Gasteiger partial charge on any atom is 0.118 e. The maximum atomic E-state index is 6.07. The zero-order valence-electron chi connectivity index (χ0n) is 14.8. The topological polar surface area (TPSA) is 62.5 Å². The lowest BCUT2D eigenvalue weighted by Crippen LogP contribution is -2.51. The van der Waals surface area contributed by atoms with E-state index in [4.69, 9.17) is 10.6 Å². The molecule has 0 amide bonds. The number of benzene rings is 1. The van der Waals surface area contributed by atoms with Gasteiger partial charge in [-0.15, -0.1) is 11.8 Å². The van der Waals surface area contributed by atoms with Crippen molar-refractivity contribution in [2.75, 3.05) is 25.3 Å². The second kappa shape index (κ2) is 9.93. The summed E-state index contributed by atoms with van der Waals surface area (Å²) in [6, 6.07) is 8.76. The van der Waals surface area contributed by atoms with E-state index in [1.807, 2.05) is 28.9 Å². The number of nitrogens with two attached hydrogens (primary N) is 1. The predicted molar refractivity (Wildman–Crippen MR) is 103 cm³/mol. The van der Waals surface area contributed by atoms with Crippen LogP contribution in [0.5, 0.6) is 5.75 Å². The summed E-state index contributed by atoms with van der Waals surface area (Å²) in [5.41, 5.74) is 2.24. The number of nitrogens with zero attached hydrogens (tertiary/aromatic N) is 1. The first kappa shape index (κ1) is 19.1. The summed E-state index contributed by atoms with van der Waals surface area (Å²) in [5.74, 6) is 9.05. The van der Waals surface area contributed by atoms with Crippen molar-refractivity contribution >= 4 is 11.8 Å². The normalized spacial score (nSPS) is 19.7. The molecular formula is C18H30N4OS. The van der Waals surface area contributed by atoms with Gasteiger partial charge in [-0.05, 0) is 36.3 Å². The molecule has 1 saturated heterocycles. The Morgan fingerprint density at radius 3 is 2.83 bits per heavy atom. The van der Waals surface area contributed by atoms with Gasteiger partial charge in [0.1, 0.15) is 5.75 Å². The highest BCUT2D eigenvalue weighted by Crippen LogP contribution is 2.17. The molecule has 0 radical (unpaired) electrons. The molecule has 1 fully saturated rings. The highest BCUT2D eigenvalue weighted by Gasteiger charge is 2.21. The Balaban J connectivity index is 1.77. The summed E-state index contributed by atoms with van der Waals surface area (Å²) in [5, 5.41) is 9.00. The smallest absolute Gasteiger partial charge is 0.118 e.